The van der Waals surface area contributed by atoms with Crippen LogP contribution >= 0.6 is 15.9 Å². The SMILES string of the molecule is COCCOCC(=O)N[C@H](C)c1ccc(Br)cc1. The van der Waals surface area contributed by atoms with E-state index in [0.717, 1.165) is 10.0 Å². The van der Waals surface area contributed by atoms with Gasteiger partial charge in [0.1, 0.15) is 6.61 Å². The van der Waals surface area contributed by atoms with Crippen molar-refractivity contribution in [1.82, 2.24) is 5.32 Å². The van der Waals surface area contributed by atoms with Gasteiger partial charge in [-0.2, -0.15) is 0 Å². The first-order valence-electron chi connectivity index (χ1n) is 5.75. The van der Waals surface area contributed by atoms with Gasteiger partial charge < -0.3 is 14.8 Å². The zero-order valence-corrected chi connectivity index (χ0v) is 12.2. The van der Waals surface area contributed by atoms with Crippen LogP contribution in [0.4, 0.5) is 0 Å². The molecule has 5 heteroatoms. The maximum atomic E-state index is 11.6. The van der Waals surface area contributed by atoms with Crippen molar-refractivity contribution in [1.29, 1.82) is 0 Å². The normalized spacial score (nSPS) is 12.2. The van der Waals surface area contributed by atoms with Crippen molar-refractivity contribution >= 4 is 21.8 Å². The largest absolute Gasteiger partial charge is 0.382 e. The summed E-state index contributed by atoms with van der Waals surface area (Å²) in [6, 6.07) is 7.82. The van der Waals surface area contributed by atoms with Crippen molar-refractivity contribution in [2.45, 2.75) is 13.0 Å². The van der Waals surface area contributed by atoms with Gasteiger partial charge in [-0.3, -0.25) is 4.79 Å². The van der Waals surface area contributed by atoms with Crippen LogP contribution in [-0.4, -0.2) is 32.8 Å². The third kappa shape index (κ3) is 5.62. The number of ether oxygens (including phenoxy) is 2. The summed E-state index contributed by atoms with van der Waals surface area (Å²) in [7, 11) is 1.60. The van der Waals surface area contributed by atoms with E-state index in [9.17, 15) is 4.79 Å². The Kier molecular flexibility index (Phi) is 6.93. The molecule has 1 atom stereocenters. The number of nitrogens with one attached hydrogen (secondary N) is 1. The van der Waals surface area contributed by atoms with Crippen LogP contribution in [0.25, 0.3) is 0 Å². The number of hydrogen-bond acceptors (Lipinski definition) is 3. The van der Waals surface area contributed by atoms with Crippen LogP contribution in [0.5, 0.6) is 0 Å². The smallest absolute Gasteiger partial charge is 0.246 e. The standard InChI is InChI=1S/C13H18BrNO3/c1-10(11-3-5-12(14)6-4-11)15-13(16)9-18-8-7-17-2/h3-6,10H,7-9H2,1-2H3,(H,15,16)/t10-/m1/s1. The minimum Gasteiger partial charge on any atom is -0.382 e. The van der Waals surface area contributed by atoms with E-state index in [1.165, 1.54) is 0 Å². The number of methoxy groups -OCH3 is 1. The second-order valence-electron chi connectivity index (χ2n) is 3.89. The summed E-state index contributed by atoms with van der Waals surface area (Å²) in [5.41, 5.74) is 1.06. The molecule has 0 spiro atoms. The van der Waals surface area contributed by atoms with E-state index >= 15 is 0 Å². The van der Waals surface area contributed by atoms with E-state index in [2.05, 4.69) is 21.2 Å². The molecule has 1 aromatic rings. The van der Waals surface area contributed by atoms with Crippen molar-refractivity contribution in [3.8, 4) is 0 Å². The lowest BCUT2D eigenvalue weighted by Gasteiger charge is -2.14. The third-order valence-electron chi connectivity index (χ3n) is 2.41. The van der Waals surface area contributed by atoms with Gasteiger partial charge in [0.25, 0.3) is 0 Å². The third-order valence-corrected chi connectivity index (χ3v) is 2.94. The first-order chi connectivity index (χ1) is 8.63. The molecule has 1 aromatic carbocycles. The summed E-state index contributed by atoms with van der Waals surface area (Å²) in [6.07, 6.45) is 0. The van der Waals surface area contributed by atoms with Crippen LogP contribution in [0.1, 0.15) is 18.5 Å². The molecule has 0 fully saturated rings. The fraction of sp³-hybridized carbons (Fsp3) is 0.462. The maximum Gasteiger partial charge on any atom is 0.246 e. The molecule has 0 aliphatic rings. The Hall–Kier alpha value is -0.910. The lowest BCUT2D eigenvalue weighted by atomic mass is 10.1. The quantitative estimate of drug-likeness (QED) is 0.785. The fourth-order valence-electron chi connectivity index (χ4n) is 1.43. The van der Waals surface area contributed by atoms with E-state index in [0.29, 0.717) is 13.2 Å². The molecule has 100 valence electrons. The molecule has 0 saturated carbocycles. The number of carbonyl (C=O) groups is 1. The highest BCUT2D eigenvalue weighted by Crippen LogP contribution is 2.16. The first kappa shape index (κ1) is 15.1. The molecule has 0 radical (unpaired) electrons. The molecule has 0 unspecified atom stereocenters. The average Bonchev–Trinajstić information content (AvgIpc) is 2.35. The molecule has 0 saturated heterocycles. The van der Waals surface area contributed by atoms with E-state index in [-0.39, 0.29) is 18.6 Å². The number of halogens is 1. The van der Waals surface area contributed by atoms with E-state index < -0.39 is 0 Å². The highest BCUT2D eigenvalue weighted by Gasteiger charge is 2.09. The minimum atomic E-state index is -0.124. The summed E-state index contributed by atoms with van der Waals surface area (Å²) in [5.74, 6) is -0.124. The number of rotatable bonds is 7. The molecule has 1 N–H and O–H groups in total. The Morgan fingerprint density at radius 3 is 2.61 bits per heavy atom. The summed E-state index contributed by atoms with van der Waals surface area (Å²) in [5, 5.41) is 2.87. The fourth-order valence-corrected chi connectivity index (χ4v) is 1.69. The van der Waals surface area contributed by atoms with Crippen LogP contribution < -0.4 is 5.32 Å². The van der Waals surface area contributed by atoms with Gasteiger partial charge >= 0.3 is 0 Å². The van der Waals surface area contributed by atoms with Gasteiger partial charge in [0, 0.05) is 11.6 Å². The predicted molar refractivity (Wildman–Crippen MR) is 73.4 cm³/mol. The van der Waals surface area contributed by atoms with Crippen LogP contribution in [0.3, 0.4) is 0 Å². The lowest BCUT2D eigenvalue weighted by molar-refractivity contribution is -0.126. The maximum absolute atomic E-state index is 11.6. The Balaban J connectivity index is 2.33. The molecular formula is C13H18BrNO3. The van der Waals surface area contributed by atoms with Crippen LogP contribution in [0, 0.1) is 0 Å². The molecule has 0 aromatic heterocycles. The monoisotopic (exact) mass is 315 g/mol. The molecular weight excluding hydrogens is 298 g/mol. The average molecular weight is 316 g/mol. The Morgan fingerprint density at radius 2 is 2.00 bits per heavy atom. The van der Waals surface area contributed by atoms with Crippen LogP contribution in [-0.2, 0) is 14.3 Å². The van der Waals surface area contributed by atoms with Crippen molar-refractivity contribution in [2.75, 3.05) is 26.9 Å². The first-order valence-corrected chi connectivity index (χ1v) is 6.54. The van der Waals surface area contributed by atoms with Crippen molar-refractivity contribution < 1.29 is 14.3 Å². The highest BCUT2D eigenvalue weighted by atomic mass is 79.9. The number of amides is 1. The Labute approximate surface area is 116 Å². The van der Waals surface area contributed by atoms with Crippen molar-refractivity contribution in [2.24, 2.45) is 0 Å². The van der Waals surface area contributed by atoms with Gasteiger partial charge in [0.2, 0.25) is 5.91 Å². The van der Waals surface area contributed by atoms with Gasteiger partial charge in [-0.15, -0.1) is 0 Å². The van der Waals surface area contributed by atoms with Crippen molar-refractivity contribution in [3.63, 3.8) is 0 Å². The van der Waals surface area contributed by atoms with Gasteiger partial charge in [-0.05, 0) is 24.6 Å². The van der Waals surface area contributed by atoms with E-state index in [1.54, 1.807) is 7.11 Å². The highest BCUT2D eigenvalue weighted by molar-refractivity contribution is 9.10. The van der Waals surface area contributed by atoms with Gasteiger partial charge in [0.05, 0.1) is 19.3 Å². The number of benzene rings is 1. The van der Waals surface area contributed by atoms with Gasteiger partial charge in [0.15, 0.2) is 0 Å². The Morgan fingerprint density at radius 1 is 1.33 bits per heavy atom. The van der Waals surface area contributed by atoms with Gasteiger partial charge in [-0.1, -0.05) is 28.1 Å². The molecule has 18 heavy (non-hydrogen) atoms. The molecule has 1 rings (SSSR count). The predicted octanol–water partition coefficient (Wildman–Crippen LogP) is 2.29. The number of carbonyl (C=O) groups excluding carboxylic acids is 1. The Bertz CT molecular complexity index is 367. The second-order valence-corrected chi connectivity index (χ2v) is 4.80. The summed E-state index contributed by atoms with van der Waals surface area (Å²) in [4.78, 5) is 11.6. The summed E-state index contributed by atoms with van der Waals surface area (Å²) in [6.45, 7) is 2.92. The molecule has 4 nitrogen and oxygen atoms in total. The van der Waals surface area contributed by atoms with E-state index in [4.69, 9.17) is 9.47 Å². The van der Waals surface area contributed by atoms with Crippen molar-refractivity contribution in [3.05, 3.63) is 34.3 Å². The van der Waals surface area contributed by atoms with E-state index in [1.807, 2.05) is 31.2 Å². The summed E-state index contributed by atoms with van der Waals surface area (Å²) < 4.78 is 11.0. The lowest BCUT2D eigenvalue weighted by Crippen LogP contribution is -2.30. The molecule has 0 aliphatic carbocycles. The van der Waals surface area contributed by atoms with Crippen LogP contribution in [0.15, 0.2) is 28.7 Å². The second kappa shape index (κ2) is 8.24. The molecule has 0 aliphatic heterocycles. The molecule has 0 heterocycles. The van der Waals surface area contributed by atoms with Gasteiger partial charge in [-0.25, -0.2) is 0 Å². The zero-order valence-electron chi connectivity index (χ0n) is 10.6. The zero-order chi connectivity index (χ0) is 13.4. The van der Waals surface area contributed by atoms with Crippen LogP contribution in [0.2, 0.25) is 0 Å². The number of hydrogen-bond donors (Lipinski definition) is 1. The molecule has 0 bridgehead atoms. The molecule has 1 amide bonds. The summed E-state index contributed by atoms with van der Waals surface area (Å²) >= 11 is 3.38. The topological polar surface area (TPSA) is 47.6 Å². The minimum absolute atomic E-state index is 0.0309.